The molecule has 0 radical (unpaired) electrons. The van der Waals surface area contributed by atoms with Crippen molar-refractivity contribution in [3.8, 4) is 17.2 Å². The van der Waals surface area contributed by atoms with Crippen LogP contribution in [0, 0.1) is 3.57 Å². The molecule has 0 amide bonds. The van der Waals surface area contributed by atoms with Gasteiger partial charge >= 0.3 is 5.97 Å². The number of nitrogens with one attached hydrogen (secondary N) is 1. The highest BCUT2D eigenvalue weighted by molar-refractivity contribution is 14.1. The molecule has 0 aliphatic heterocycles. The molecule has 0 atom stereocenters. The number of halogens is 1. The zero-order valence-electron chi connectivity index (χ0n) is 14.0. The smallest absolute Gasteiger partial charge is 0.343 e. The number of thiocarbonyl (C=S) groups is 1. The molecule has 3 N–H and O–H groups in total. The number of nitrogens with zero attached hydrogens (tertiary/aromatic N) is 1. The Bertz CT molecular complexity index is 841. The minimum Gasteiger partial charge on any atom is -0.497 e. The van der Waals surface area contributed by atoms with Crippen LogP contribution in [0.4, 0.5) is 0 Å². The maximum atomic E-state index is 12.4. The quantitative estimate of drug-likeness (QED) is 0.162. The minimum atomic E-state index is -0.500. The van der Waals surface area contributed by atoms with Gasteiger partial charge in [0, 0.05) is 0 Å². The molecule has 2 aromatic carbocycles. The van der Waals surface area contributed by atoms with E-state index in [0.717, 1.165) is 5.56 Å². The van der Waals surface area contributed by atoms with Crippen LogP contribution in [-0.4, -0.2) is 31.5 Å². The van der Waals surface area contributed by atoms with Crippen LogP contribution < -0.4 is 25.4 Å². The molecule has 26 heavy (non-hydrogen) atoms. The van der Waals surface area contributed by atoms with Crippen molar-refractivity contribution in [3.05, 3.63) is 51.1 Å². The first kappa shape index (κ1) is 19.9. The average Bonchev–Trinajstić information content (AvgIpc) is 2.63. The van der Waals surface area contributed by atoms with E-state index in [1.807, 2.05) is 0 Å². The highest BCUT2D eigenvalue weighted by Gasteiger charge is 2.16. The van der Waals surface area contributed by atoms with Gasteiger partial charge in [0.2, 0.25) is 0 Å². The molecule has 0 aliphatic carbocycles. The normalized spacial score (nSPS) is 10.4. The van der Waals surface area contributed by atoms with Crippen molar-refractivity contribution >= 4 is 52.1 Å². The van der Waals surface area contributed by atoms with E-state index in [9.17, 15) is 4.79 Å². The maximum Gasteiger partial charge on any atom is 0.343 e. The van der Waals surface area contributed by atoms with Gasteiger partial charge in [-0.25, -0.2) is 4.79 Å². The molecule has 0 saturated heterocycles. The number of ether oxygens (including phenoxy) is 3. The van der Waals surface area contributed by atoms with Crippen LogP contribution in [0.25, 0.3) is 0 Å². The van der Waals surface area contributed by atoms with Crippen molar-refractivity contribution in [3.63, 3.8) is 0 Å². The Balaban J connectivity index is 2.23. The molecule has 0 fully saturated rings. The number of benzene rings is 2. The number of esters is 1. The van der Waals surface area contributed by atoms with Crippen LogP contribution in [0.1, 0.15) is 15.9 Å². The van der Waals surface area contributed by atoms with Gasteiger partial charge in [0.1, 0.15) is 5.75 Å². The fraction of sp³-hybridized carbons (Fsp3) is 0.118. The zero-order chi connectivity index (χ0) is 19.1. The highest BCUT2D eigenvalue weighted by atomic mass is 127. The first-order valence-corrected chi connectivity index (χ1v) is 8.75. The molecule has 2 rings (SSSR count). The van der Waals surface area contributed by atoms with Gasteiger partial charge in [-0.2, -0.15) is 5.10 Å². The van der Waals surface area contributed by atoms with Gasteiger partial charge in [0.05, 0.1) is 29.6 Å². The topological polar surface area (TPSA) is 95.2 Å². The van der Waals surface area contributed by atoms with Crippen molar-refractivity contribution in [2.45, 2.75) is 0 Å². The van der Waals surface area contributed by atoms with Crippen LogP contribution in [0.5, 0.6) is 17.2 Å². The number of methoxy groups -OCH3 is 2. The van der Waals surface area contributed by atoms with E-state index < -0.39 is 5.97 Å². The summed E-state index contributed by atoms with van der Waals surface area (Å²) in [5, 5.41) is 3.96. The maximum absolute atomic E-state index is 12.4. The Morgan fingerprint density at radius 2 is 1.92 bits per heavy atom. The summed E-state index contributed by atoms with van der Waals surface area (Å²) < 4.78 is 16.6. The third-order valence-corrected chi connectivity index (χ3v) is 4.05. The molecule has 9 heteroatoms. The predicted octanol–water partition coefficient (Wildman–Crippen LogP) is 2.69. The molecule has 0 aromatic heterocycles. The van der Waals surface area contributed by atoms with Gasteiger partial charge in [-0.05, 0) is 76.8 Å². The van der Waals surface area contributed by atoms with E-state index in [1.165, 1.54) is 13.3 Å². The molecule has 136 valence electrons. The second-order valence-electron chi connectivity index (χ2n) is 4.89. The van der Waals surface area contributed by atoms with Gasteiger partial charge in [-0.3, -0.25) is 5.43 Å². The highest BCUT2D eigenvalue weighted by Crippen LogP contribution is 2.34. The zero-order valence-corrected chi connectivity index (χ0v) is 17.0. The van der Waals surface area contributed by atoms with Crippen molar-refractivity contribution in [2.75, 3.05) is 14.2 Å². The molecule has 0 saturated carbocycles. The van der Waals surface area contributed by atoms with Crippen molar-refractivity contribution in [1.82, 2.24) is 5.43 Å². The lowest BCUT2D eigenvalue weighted by molar-refractivity contribution is 0.0728. The van der Waals surface area contributed by atoms with Crippen LogP contribution in [-0.2, 0) is 0 Å². The Labute approximate surface area is 169 Å². The minimum absolute atomic E-state index is 0.0629. The molecule has 0 spiro atoms. The van der Waals surface area contributed by atoms with E-state index in [2.05, 4.69) is 45.3 Å². The van der Waals surface area contributed by atoms with Gasteiger partial charge in [0.25, 0.3) is 0 Å². The SMILES string of the molecule is COc1ccc(C(=O)Oc2c(I)cc(/C=N\NC(N)=S)cc2OC)cc1. The van der Waals surface area contributed by atoms with Gasteiger partial charge in [-0.1, -0.05) is 0 Å². The van der Waals surface area contributed by atoms with Gasteiger partial charge in [-0.15, -0.1) is 0 Å². The van der Waals surface area contributed by atoms with Gasteiger partial charge < -0.3 is 19.9 Å². The summed E-state index contributed by atoms with van der Waals surface area (Å²) >= 11 is 6.73. The average molecular weight is 485 g/mol. The van der Waals surface area contributed by atoms with Crippen LogP contribution in [0.2, 0.25) is 0 Å². The summed E-state index contributed by atoms with van der Waals surface area (Å²) in [6.45, 7) is 0. The standard InChI is InChI=1S/C17H16IN3O4S/c1-23-12-5-3-11(4-6-12)16(22)25-15-13(18)7-10(8-14(15)24-2)9-20-21-17(19)26/h3-9H,1-2H3,(H3,19,21,26)/b20-9-. The van der Waals surface area contributed by atoms with Crippen molar-refractivity contribution in [2.24, 2.45) is 10.8 Å². The molecular weight excluding hydrogens is 469 g/mol. The lowest BCUT2D eigenvalue weighted by Gasteiger charge is -2.12. The fourth-order valence-corrected chi connectivity index (χ4v) is 2.75. The Morgan fingerprint density at radius 3 is 2.50 bits per heavy atom. The van der Waals surface area contributed by atoms with E-state index in [0.29, 0.717) is 26.4 Å². The molecular formula is C17H16IN3O4S. The first-order chi connectivity index (χ1) is 12.4. The second-order valence-corrected chi connectivity index (χ2v) is 6.49. The molecule has 7 nitrogen and oxygen atoms in total. The van der Waals surface area contributed by atoms with Gasteiger partial charge in [0.15, 0.2) is 16.6 Å². The summed E-state index contributed by atoms with van der Waals surface area (Å²) in [5.74, 6) is 0.882. The Hall–Kier alpha value is -2.40. The van der Waals surface area contributed by atoms with Crippen molar-refractivity contribution < 1.29 is 19.0 Å². The number of hydrogen-bond acceptors (Lipinski definition) is 6. The van der Waals surface area contributed by atoms with E-state index in [4.69, 9.17) is 19.9 Å². The summed E-state index contributed by atoms with van der Waals surface area (Å²) in [6.07, 6.45) is 1.53. The Kier molecular flexibility index (Phi) is 7.16. The second kappa shape index (κ2) is 9.34. The Morgan fingerprint density at radius 1 is 1.23 bits per heavy atom. The summed E-state index contributed by atoms with van der Waals surface area (Å²) in [6, 6.07) is 10.1. The molecule has 2 aromatic rings. The fourth-order valence-electron chi connectivity index (χ4n) is 1.96. The van der Waals surface area contributed by atoms with Crippen LogP contribution in [0.15, 0.2) is 41.5 Å². The lowest BCUT2D eigenvalue weighted by Crippen LogP contribution is -2.24. The molecule has 0 bridgehead atoms. The molecule has 0 aliphatic rings. The van der Waals surface area contributed by atoms with E-state index in [1.54, 1.807) is 43.5 Å². The number of carbonyl (C=O) groups excluding carboxylic acids is 1. The summed E-state index contributed by atoms with van der Waals surface area (Å²) in [4.78, 5) is 12.4. The van der Waals surface area contributed by atoms with Crippen LogP contribution in [0.3, 0.4) is 0 Å². The lowest BCUT2D eigenvalue weighted by atomic mass is 10.2. The summed E-state index contributed by atoms with van der Waals surface area (Å²) in [7, 11) is 3.05. The third kappa shape index (κ3) is 5.30. The first-order valence-electron chi connectivity index (χ1n) is 7.27. The third-order valence-electron chi connectivity index (χ3n) is 3.16. The van der Waals surface area contributed by atoms with Crippen LogP contribution >= 0.6 is 34.8 Å². The van der Waals surface area contributed by atoms with E-state index in [-0.39, 0.29) is 5.11 Å². The molecule has 0 unspecified atom stereocenters. The molecule has 0 heterocycles. The number of nitrogens with two attached hydrogens (primary N) is 1. The van der Waals surface area contributed by atoms with E-state index >= 15 is 0 Å². The van der Waals surface area contributed by atoms with Crippen molar-refractivity contribution in [1.29, 1.82) is 0 Å². The number of rotatable bonds is 6. The predicted molar refractivity (Wildman–Crippen MR) is 111 cm³/mol. The largest absolute Gasteiger partial charge is 0.497 e. The number of hydrazone groups is 1. The monoisotopic (exact) mass is 485 g/mol. The number of carbonyl (C=O) groups is 1. The number of hydrogen-bond donors (Lipinski definition) is 2. The summed E-state index contributed by atoms with van der Waals surface area (Å²) in [5.41, 5.74) is 8.90.